The van der Waals surface area contributed by atoms with E-state index in [1.807, 2.05) is 39.0 Å². The van der Waals surface area contributed by atoms with Crippen LogP contribution in [0.25, 0.3) is 11.1 Å². The highest BCUT2D eigenvalue weighted by molar-refractivity contribution is 5.72. The first-order valence-corrected chi connectivity index (χ1v) is 8.13. The maximum atomic E-state index is 12.0. The fraction of sp³-hybridized carbons (Fsp3) is 0.300. The van der Waals surface area contributed by atoms with E-state index in [4.69, 9.17) is 9.47 Å². The molecule has 2 aromatic rings. The number of aromatic amines is 1. The van der Waals surface area contributed by atoms with Gasteiger partial charge < -0.3 is 14.5 Å². The van der Waals surface area contributed by atoms with Crippen molar-refractivity contribution in [1.82, 2.24) is 4.98 Å². The Labute approximate surface area is 147 Å². The third kappa shape index (κ3) is 4.51. The summed E-state index contributed by atoms with van der Waals surface area (Å²) < 4.78 is 11.4. The normalized spacial score (nSPS) is 10.0. The Kier molecular flexibility index (Phi) is 6.02. The van der Waals surface area contributed by atoms with Crippen molar-refractivity contribution in [2.75, 3.05) is 13.2 Å². The standard InChI is InChI=1S/C20H22N2O3/c1-5-24-19-11-15(6-7-18(19)25-9-8-13(2)3)16-10-14(4)22-20(23)17(16)12-21/h6-8,10-11H,5,9H2,1-4H3,(H,22,23). The van der Waals surface area contributed by atoms with Gasteiger partial charge in [-0.1, -0.05) is 11.6 Å². The number of hydrogen-bond donors (Lipinski definition) is 1. The number of H-pyrrole nitrogens is 1. The van der Waals surface area contributed by atoms with Gasteiger partial charge in [-0.2, -0.15) is 5.26 Å². The average molecular weight is 338 g/mol. The summed E-state index contributed by atoms with van der Waals surface area (Å²) >= 11 is 0. The summed E-state index contributed by atoms with van der Waals surface area (Å²) in [6.07, 6.45) is 1.98. The van der Waals surface area contributed by atoms with Gasteiger partial charge in [-0.25, -0.2) is 0 Å². The molecule has 0 aliphatic rings. The van der Waals surface area contributed by atoms with Crippen LogP contribution >= 0.6 is 0 Å². The predicted molar refractivity (Wildman–Crippen MR) is 98.0 cm³/mol. The number of pyridine rings is 1. The first-order valence-electron chi connectivity index (χ1n) is 8.13. The minimum Gasteiger partial charge on any atom is -0.490 e. The van der Waals surface area contributed by atoms with Crippen molar-refractivity contribution in [3.63, 3.8) is 0 Å². The first kappa shape index (κ1) is 18.3. The van der Waals surface area contributed by atoms with Crippen molar-refractivity contribution in [2.45, 2.75) is 27.7 Å². The molecule has 0 aliphatic carbocycles. The van der Waals surface area contributed by atoms with Crippen LogP contribution in [0.2, 0.25) is 0 Å². The molecule has 0 amide bonds. The molecule has 0 fully saturated rings. The molecule has 1 heterocycles. The van der Waals surface area contributed by atoms with Gasteiger partial charge in [-0.05, 0) is 57.5 Å². The van der Waals surface area contributed by atoms with Crippen molar-refractivity contribution in [3.05, 3.63) is 57.5 Å². The van der Waals surface area contributed by atoms with E-state index in [0.29, 0.717) is 36.0 Å². The van der Waals surface area contributed by atoms with Gasteiger partial charge in [0.2, 0.25) is 0 Å². The lowest BCUT2D eigenvalue weighted by atomic mass is 10.0. The highest BCUT2D eigenvalue weighted by Gasteiger charge is 2.13. The fourth-order valence-electron chi connectivity index (χ4n) is 2.39. The second kappa shape index (κ2) is 8.20. The highest BCUT2D eigenvalue weighted by atomic mass is 16.5. The lowest BCUT2D eigenvalue weighted by Gasteiger charge is -2.13. The number of nitriles is 1. The molecule has 0 aliphatic heterocycles. The van der Waals surface area contributed by atoms with Crippen LogP contribution in [0.15, 0.2) is 40.7 Å². The third-order valence-electron chi connectivity index (χ3n) is 3.56. The third-order valence-corrected chi connectivity index (χ3v) is 3.56. The van der Waals surface area contributed by atoms with E-state index >= 15 is 0 Å². The molecule has 5 nitrogen and oxygen atoms in total. The molecule has 0 unspecified atom stereocenters. The summed E-state index contributed by atoms with van der Waals surface area (Å²) in [5, 5.41) is 9.31. The molecule has 0 saturated carbocycles. The first-order chi connectivity index (χ1) is 12.0. The Morgan fingerprint density at radius 1 is 1.24 bits per heavy atom. The molecule has 0 atom stereocenters. The summed E-state index contributed by atoms with van der Waals surface area (Å²) in [7, 11) is 0. The monoisotopic (exact) mass is 338 g/mol. The van der Waals surface area contributed by atoms with Crippen LogP contribution in [0.3, 0.4) is 0 Å². The van der Waals surface area contributed by atoms with E-state index in [1.54, 1.807) is 25.1 Å². The van der Waals surface area contributed by atoms with Crippen LogP contribution in [0.5, 0.6) is 11.5 Å². The smallest absolute Gasteiger partial charge is 0.266 e. The predicted octanol–water partition coefficient (Wildman–Crippen LogP) is 3.97. The number of nitrogens with zero attached hydrogens (tertiary/aromatic N) is 1. The van der Waals surface area contributed by atoms with Gasteiger partial charge in [0.15, 0.2) is 11.5 Å². The molecule has 130 valence electrons. The van der Waals surface area contributed by atoms with Gasteiger partial charge in [0.25, 0.3) is 5.56 Å². The topological polar surface area (TPSA) is 75.1 Å². The number of allylic oxidation sites excluding steroid dienone is 1. The van der Waals surface area contributed by atoms with Crippen LogP contribution in [0.1, 0.15) is 32.0 Å². The van der Waals surface area contributed by atoms with Crippen LogP contribution < -0.4 is 15.0 Å². The van der Waals surface area contributed by atoms with Gasteiger partial charge in [-0.3, -0.25) is 4.79 Å². The quantitative estimate of drug-likeness (QED) is 0.809. The van der Waals surface area contributed by atoms with Gasteiger partial charge in [-0.15, -0.1) is 0 Å². The lowest BCUT2D eigenvalue weighted by Crippen LogP contribution is -2.12. The molecule has 0 radical (unpaired) electrons. The van der Waals surface area contributed by atoms with Crippen molar-refractivity contribution in [2.24, 2.45) is 0 Å². The number of hydrogen-bond acceptors (Lipinski definition) is 4. The Balaban J connectivity index is 2.48. The van der Waals surface area contributed by atoms with Crippen molar-refractivity contribution < 1.29 is 9.47 Å². The number of rotatable bonds is 6. The van der Waals surface area contributed by atoms with Crippen LogP contribution in [0, 0.1) is 18.3 Å². The highest BCUT2D eigenvalue weighted by Crippen LogP contribution is 2.33. The summed E-state index contributed by atoms with van der Waals surface area (Å²) in [6.45, 7) is 8.64. The van der Waals surface area contributed by atoms with Crippen molar-refractivity contribution in [1.29, 1.82) is 5.26 Å². The molecule has 1 N–H and O–H groups in total. The van der Waals surface area contributed by atoms with Gasteiger partial charge in [0.1, 0.15) is 18.2 Å². The van der Waals surface area contributed by atoms with Crippen molar-refractivity contribution in [3.8, 4) is 28.7 Å². The van der Waals surface area contributed by atoms with E-state index < -0.39 is 0 Å². The van der Waals surface area contributed by atoms with E-state index in [-0.39, 0.29) is 11.1 Å². The average Bonchev–Trinajstić information content (AvgIpc) is 2.55. The van der Waals surface area contributed by atoms with Crippen LogP contribution in [-0.2, 0) is 0 Å². The van der Waals surface area contributed by atoms with E-state index in [1.165, 1.54) is 5.57 Å². The molecule has 0 saturated heterocycles. The number of nitrogens with one attached hydrogen (secondary N) is 1. The van der Waals surface area contributed by atoms with Gasteiger partial charge >= 0.3 is 0 Å². The molecule has 0 bridgehead atoms. The Hall–Kier alpha value is -3.00. The van der Waals surface area contributed by atoms with E-state index in [2.05, 4.69) is 4.98 Å². The van der Waals surface area contributed by atoms with Crippen LogP contribution in [-0.4, -0.2) is 18.2 Å². The maximum Gasteiger partial charge on any atom is 0.266 e. The van der Waals surface area contributed by atoms with E-state index in [0.717, 1.165) is 5.56 Å². The number of aromatic nitrogens is 1. The minimum atomic E-state index is -0.389. The van der Waals surface area contributed by atoms with Gasteiger partial charge in [0, 0.05) is 11.3 Å². The summed E-state index contributed by atoms with van der Waals surface area (Å²) in [5.74, 6) is 1.21. The Morgan fingerprint density at radius 2 is 2.00 bits per heavy atom. The molecule has 2 rings (SSSR count). The maximum absolute atomic E-state index is 12.0. The SMILES string of the molecule is CCOc1cc(-c2cc(C)[nH]c(=O)c2C#N)ccc1OCC=C(C)C. The molecule has 0 spiro atoms. The van der Waals surface area contributed by atoms with E-state index in [9.17, 15) is 10.1 Å². The molecular formula is C20H22N2O3. The van der Waals surface area contributed by atoms with Crippen molar-refractivity contribution >= 4 is 0 Å². The molecule has 5 heteroatoms. The molecule has 25 heavy (non-hydrogen) atoms. The zero-order chi connectivity index (χ0) is 18.4. The fourth-order valence-corrected chi connectivity index (χ4v) is 2.39. The minimum absolute atomic E-state index is 0.0891. The number of aryl methyl sites for hydroxylation is 1. The Morgan fingerprint density at radius 3 is 2.64 bits per heavy atom. The summed E-state index contributed by atoms with van der Waals surface area (Å²) in [6, 6.07) is 9.20. The largest absolute Gasteiger partial charge is 0.490 e. The van der Waals surface area contributed by atoms with Crippen LogP contribution in [0.4, 0.5) is 0 Å². The second-order valence-electron chi connectivity index (χ2n) is 5.87. The summed E-state index contributed by atoms with van der Waals surface area (Å²) in [4.78, 5) is 14.7. The zero-order valence-electron chi connectivity index (χ0n) is 15.0. The molecule has 1 aromatic carbocycles. The molecular weight excluding hydrogens is 316 g/mol. The number of benzene rings is 1. The number of ether oxygens (including phenoxy) is 2. The van der Waals surface area contributed by atoms with Gasteiger partial charge in [0.05, 0.1) is 6.61 Å². The zero-order valence-corrected chi connectivity index (χ0v) is 15.0. The lowest BCUT2D eigenvalue weighted by molar-refractivity contribution is 0.296. The Bertz CT molecular complexity index is 885. The summed E-state index contributed by atoms with van der Waals surface area (Å²) in [5.41, 5.74) is 2.89. The second-order valence-corrected chi connectivity index (χ2v) is 5.87. The molecule has 1 aromatic heterocycles.